The molecule has 1 aromatic carbocycles. The molecule has 122 valence electrons. The zero-order valence-corrected chi connectivity index (χ0v) is 13.9. The molecule has 0 radical (unpaired) electrons. The number of aromatic nitrogens is 2. The molecule has 1 aromatic heterocycles. The summed E-state index contributed by atoms with van der Waals surface area (Å²) in [7, 11) is 0. The van der Waals surface area contributed by atoms with Crippen molar-refractivity contribution in [2.45, 2.75) is 40.2 Å². The van der Waals surface area contributed by atoms with E-state index < -0.39 is 6.04 Å². The fourth-order valence-corrected chi connectivity index (χ4v) is 2.29. The Kier molecular flexibility index (Phi) is 5.16. The summed E-state index contributed by atoms with van der Waals surface area (Å²) in [6.07, 6.45) is 2.32. The van der Waals surface area contributed by atoms with Gasteiger partial charge in [0.25, 0.3) is 0 Å². The minimum absolute atomic E-state index is 0.215. The van der Waals surface area contributed by atoms with Crippen LogP contribution in [0.2, 0.25) is 0 Å². The maximum Gasteiger partial charge on any atom is 0.246 e. The normalized spacial score (nSPS) is 11.8. The first kappa shape index (κ1) is 16.7. The molecule has 2 rings (SSSR count). The van der Waals surface area contributed by atoms with Crippen molar-refractivity contribution in [3.8, 4) is 5.69 Å². The molecule has 0 saturated carbocycles. The molecule has 1 unspecified atom stereocenters. The van der Waals surface area contributed by atoms with E-state index in [1.165, 1.54) is 6.92 Å². The number of amides is 2. The number of hydrogen-bond donors (Lipinski definition) is 2. The molecule has 0 spiro atoms. The number of carbonyl (C=O) groups excluding carboxylic acids is 2. The lowest BCUT2D eigenvalue weighted by molar-refractivity contribution is -0.125. The summed E-state index contributed by atoms with van der Waals surface area (Å²) in [5.41, 5.74) is 3.74. The van der Waals surface area contributed by atoms with E-state index in [9.17, 15) is 9.59 Å². The Hall–Kier alpha value is -2.63. The fourth-order valence-electron chi connectivity index (χ4n) is 2.29. The van der Waals surface area contributed by atoms with Crippen molar-refractivity contribution >= 4 is 17.5 Å². The van der Waals surface area contributed by atoms with Gasteiger partial charge in [-0.25, -0.2) is 4.98 Å². The second kappa shape index (κ2) is 7.09. The Balaban J connectivity index is 2.09. The number of nitrogens with one attached hydrogen (secondary N) is 2. The zero-order chi connectivity index (χ0) is 17.0. The maximum absolute atomic E-state index is 12.2. The van der Waals surface area contributed by atoms with Crippen LogP contribution in [0.25, 0.3) is 5.69 Å². The summed E-state index contributed by atoms with van der Waals surface area (Å²) in [5, 5.41) is 5.45. The highest BCUT2D eigenvalue weighted by atomic mass is 16.2. The van der Waals surface area contributed by atoms with Crippen molar-refractivity contribution in [1.29, 1.82) is 0 Å². The number of imidazole rings is 1. The average Bonchev–Trinajstić information content (AvgIpc) is 2.85. The second-order valence-electron chi connectivity index (χ2n) is 5.48. The molecule has 0 fully saturated rings. The SMILES string of the molecule is CCC(NC(C)=O)C(=O)Nc1ccc(-n2cnc(C)c2C)cc1. The lowest BCUT2D eigenvalue weighted by Crippen LogP contribution is -2.42. The predicted octanol–water partition coefficient (Wildman–Crippen LogP) is 2.34. The van der Waals surface area contributed by atoms with Crippen LogP contribution >= 0.6 is 0 Å². The van der Waals surface area contributed by atoms with Gasteiger partial charge in [0, 0.05) is 24.0 Å². The first-order chi connectivity index (χ1) is 10.9. The van der Waals surface area contributed by atoms with Crippen LogP contribution in [0.5, 0.6) is 0 Å². The van der Waals surface area contributed by atoms with Crippen molar-refractivity contribution in [2.24, 2.45) is 0 Å². The zero-order valence-electron chi connectivity index (χ0n) is 13.9. The molecular formula is C17H22N4O2. The quantitative estimate of drug-likeness (QED) is 0.889. The van der Waals surface area contributed by atoms with Crippen molar-refractivity contribution in [2.75, 3.05) is 5.32 Å². The number of anilines is 1. The van der Waals surface area contributed by atoms with Gasteiger partial charge in [0.2, 0.25) is 11.8 Å². The van der Waals surface area contributed by atoms with Crippen LogP contribution in [0, 0.1) is 13.8 Å². The molecule has 0 aliphatic carbocycles. The monoisotopic (exact) mass is 314 g/mol. The lowest BCUT2D eigenvalue weighted by atomic mass is 10.2. The molecule has 1 heterocycles. The third-order valence-electron chi connectivity index (χ3n) is 3.77. The summed E-state index contributed by atoms with van der Waals surface area (Å²) >= 11 is 0. The Bertz CT molecular complexity index is 704. The fraction of sp³-hybridized carbons (Fsp3) is 0.353. The Morgan fingerprint density at radius 1 is 1.22 bits per heavy atom. The third kappa shape index (κ3) is 3.97. The minimum Gasteiger partial charge on any atom is -0.345 e. The highest BCUT2D eigenvalue weighted by molar-refractivity contribution is 5.96. The number of nitrogens with zero attached hydrogens (tertiary/aromatic N) is 2. The maximum atomic E-state index is 12.2. The number of hydrogen-bond acceptors (Lipinski definition) is 3. The molecule has 6 nitrogen and oxygen atoms in total. The van der Waals surface area contributed by atoms with Crippen LogP contribution in [0.3, 0.4) is 0 Å². The van der Waals surface area contributed by atoms with E-state index in [1.54, 1.807) is 6.33 Å². The smallest absolute Gasteiger partial charge is 0.246 e. The van der Waals surface area contributed by atoms with Gasteiger partial charge in [-0.05, 0) is 44.5 Å². The summed E-state index contributed by atoms with van der Waals surface area (Å²) in [4.78, 5) is 27.5. The standard InChI is InChI=1S/C17H22N4O2/c1-5-16(19-13(4)22)17(23)20-14-6-8-15(9-7-14)21-10-18-11(2)12(21)3/h6-10,16H,5H2,1-4H3,(H,19,22)(H,20,23). The van der Waals surface area contributed by atoms with Gasteiger partial charge in [0.1, 0.15) is 6.04 Å². The summed E-state index contributed by atoms with van der Waals surface area (Å²) in [5.74, 6) is -0.432. The van der Waals surface area contributed by atoms with Gasteiger partial charge >= 0.3 is 0 Å². The first-order valence-corrected chi connectivity index (χ1v) is 7.61. The first-order valence-electron chi connectivity index (χ1n) is 7.61. The molecule has 2 N–H and O–H groups in total. The van der Waals surface area contributed by atoms with Crippen molar-refractivity contribution in [3.63, 3.8) is 0 Å². The number of aryl methyl sites for hydroxylation is 1. The molecule has 0 saturated heterocycles. The highest BCUT2D eigenvalue weighted by Crippen LogP contribution is 2.17. The van der Waals surface area contributed by atoms with Crippen molar-refractivity contribution in [1.82, 2.24) is 14.9 Å². The molecule has 0 aliphatic rings. The summed E-state index contributed by atoms with van der Waals surface area (Å²) in [6, 6.07) is 6.99. The van der Waals surface area contributed by atoms with Gasteiger partial charge in [-0.2, -0.15) is 0 Å². The molecule has 0 bridgehead atoms. The topological polar surface area (TPSA) is 76.0 Å². The largest absolute Gasteiger partial charge is 0.345 e. The minimum atomic E-state index is -0.522. The van der Waals surface area contributed by atoms with E-state index in [4.69, 9.17) is 0 Å². The number of carbonyl (C=O) groups is 2. The van der Waals surface area contributed by atoms with Crippen LogP contribution in [0.15, 0.2) is 30.6 Å². The van der Waals surface area contributed by atoms with E-state index in [2.05, 4.69) is 15.6 Å². The lowest BCUT2D eigenvalue weighted by Gasteiger charge is -2.16. The van der Waals surface area contributed by atoms with Crippen LogP contribution < -0.4 is 10.6 Å². The third-order valence-corrected chi connectivity index (χ3v) is 3.77. The Morgan fingerprint density at radius 3 is 2.35 bits per heavy atom. The molecular weight excluding hydrogens is 292 g/mol. The number of benzene rings is 1. The highest BCUT2D eigenvalue weighted by Gasteiger charge is 2.17. The van der Waals surface area contributed by atoms with Crippen molar-refractivity contribution in [3.05, 3.63) is 42.0 Å². The average molecular weight is 314 g/mol. The van der Waals surface area contributed by atoms with Crippen molar-refractivity contribution < 1.29 is 9.59 Å². The Morgan fingerprint density at radius 2 is 1.87 bits per heavy atom. The van der Waals surface area contributed by atoms with Gasteiger partial charge in [-0.3, -0.25) is 9.59 Å². The second-order valence-corrected chi connectivity index (χ2v) is 5.48. The van der Waals surface area contributed by atoms with Gasteiger partial charge in [-0.15, -0.1) is 0 Å². The number of rotatable bonds is 5. The van der Waals surface area contributed by atoms with Crippen LogP contribution in [-0.2, 0) is 9.59 Å². The van der Waals surface area contributed by atoms with Gasteiger partial charge < -0.3 is 15.2 Å². The summed E-state index contributed by atoms with van der Waals surface area (Å²) in [6.45, 7) is 7.23. The molecule has 6 heteroatoms. The van der Waals surface area contributed by atoms with Crippen LogP contribution in [0.4, 0.5) is 5.69 Å². The molecule has 0 aliphatic heterocycles. The van der Waals surface area contributed by atoms with Gasteiger partial charge in [-0.1, -0.05) is 6.92 Å². The van der Waals surface area contributed by atoms with Crippen LogP contribution in [0.1, 0.15) is 31.7 Å². The van der Waals surface area contributed by atoms with E-state index in [0.29, 0.717) is 12.1 Å². The summed E-state index contributed by atoms with van der Waals surface area (Å²) < 4.78 is 1.99. The van der Waals surface area contributed by atoms with E-state index >= 15 is 0 Å². The van der Waals surface area contributed by atoms with E-state index in [-0.39, 0.29) is 11.8 Å². The van der Waals surface area contributed by atoms with Gasteiger partial charge in [0.15, 0.2) is 0 Å². The predicted molar refractivity (Wildman–Crippen MR) is 89.6 cm³/mol. The Labute approximate surface area is 135 Å². The van der Waals surface area contributed by atoms with E-state index in [1.807, 2.05) is 49.6 Å². The molecule has 1 atom stereocenters. The molecule has 23 heavy (non-hydrogen) atoms. The molecule has 2 aromatic rings. The van der Waals surface area contributed by atoms with Gasteiger partial charge in [0.05, 0.1) is 12.0 Å². The molecule has 2 amide bonds. The van der Waals surface area contributed by atoms with E-state index in [0.717, 1.165) is 17.1 Å². The van der Waals surface area contributed by atoms with Crippen LogP contribution in [-0.4, -0.2) is 27.4 Å².